The highest BCUT2D eigenvalue weighted by Crippen LogP contribution is 2.28. The van der Waals surface area contributed by atoms with E-state index in [1.54, 1.807) is 22.7 Å². The predicted octanol–water partition coefficient (Wildman–Crippen LogP) is 2.69. The summed E-state index contributed by atoms with van der Waals surface area (Å²) in [5.41, 5.74) is 1.23. The molecule has 1 N–H and O–H groups in total. The Kier molecular flexibility index (Phi) is 3.75. The minimum Gasteiger partial charge on any atom is -0.396 e. The molecule has 3 heterocycles. The van der Waals surface area contributed by atoms with Crippen LogP contribution in [0.1, 0.15) is 11.3 Å². The molecule has 0 radical (unpaired) electrons. The first kappa shape index (κ1) is 12.3. The third kappa shape index (κ3) is 2.64. The Morgan fingerprint density at radius 1 is 1.50 bits per heavy atom. The monoisotopic (exact) mass is 280 g/mol. The summed E-state index contributed by atoms with van der Waals surface area (Å²) in [4.78, 5) is 8.21. The third-order valence-electron chi connectivity index (χ3n) is 3.33. The quantitative estimate of drug-likeness (QED) is 0.935. The number of thiophene rings is 1. The van der Waals surface area contributed by atoms with Gasteiger partial charge in [-0.05, 0) is 30.3 Å². The lowest BCUT2D eigenvalue weighted by Crippen LogP contribution is -2.20. The number of aliphatic hydroxyl groups is 1. The molecule has 0 aromatic carbocycles. The molecule has 3 rings (SSSR count). The number of nitrogens with zero attached hydrogens (tertiary/aromatic N) is 2. The van der Waals surface area contributed by atoms with E-state index in [0.29, 0.717) is 12.5 Å². The number of hydrogen-bond acceptors (Lipinski definition) is 5. The van der Waals surface area contributed by atoms with Crippen molar-refractivity contribution in [1.82, 2.24) is 9.88 Å². The van der Waals surface area contributed by atoms with Crippen molar-refractivity contribution in [1.29, 1.82) is 0 Å². The molecule has 1 aliphatic rings. The Bertz CT molecular complexity index is 495. The van der Waals surface area contributed by atoms with Crippen LogP contribution in [0.4, 0.5) is 0 Å². The number of aliphatic hydroxyl groups excluding tert-OH is 1. The van der Waals surface area contributed by atoms with Gasteiger partial charge in [0.05, 0.1) is 0 Å². The standard InChI is InChI=1S/C13H16N2OS2/c16-8-10-1-3-15(6-10)7-12-5-14-13(18-12)11-2-4-17-9-11/h2,4-5,9-10,16H,1,3,6-8H2. The van der Waals surface area contributed by atoms with Crippen LogP contribution >= 0.6 is 22.7 Å². The van der Waals surface area contributed by atoms with Crippen LogP contribution in [0.15, 0.2) is 23.0 Å². The van der Waals surface area contributed by atoms with Gasteiger partial charge in [-0.2, -0.15) is 11.3 Å². The summed E-state index contributed by atoms with van der Waals surface area (Å²) < 4.78 is 0. The lowest BCUT2D eigenvalue weighted by Gasteiger charge is -2.13. The molecule has 1 fully saturated rings. The van der Waals surface area contributed by atoms with Gasteiger partial charge in [-0.25, -0.2) is 4.98 Å². The lowest BCUT2D eigenvalue weighted by molar-refractivity contribution is 0.220. The second-order valence-corrected chi connectivity index (χ2v) is 6.61. The fourth-order valence-electron chi connectivity index (χ4n) is 2.33. The van der Waals surface area contributed by atoms with Gasteiger partial charge in [0, 0.05) is 41.7 Å². The highest BCUT2D eigenvalue weighted by atomic mass is 32.1. The van der Waals surface area contributed by atoms with Crippen LogP contribution in [0.25, 0.3) is 10.6 Å². The summed E-state index contributed by atoms with van der Waals surface area (Å²) >= 11 is 3.49. The van der Waals surface area contributed by atoms with Crippen LogP contribution in [0.3, 0.4) is 0 Å². The Morgan fingerprint density at radius 2 is 2.44 bits per heavy atom. The summed E-state index contributed by atoms with van der Waals surface area (Å²) in [6.07, 6.45) is 3.11. The molecule has 1 aliphatic heterocycles. The van der Waals surface area contributed by atoms with E-state index in [1.165, 1.54) is 10.4 Å². The molecule has 0 saturated carbocycles. The molecule has 0 spiro atoms. The van der Waals surface area contributed by atoms with Gasteiger partial charge < -0.3 is 5.11 Å². The first-order chi connectivity index (χ1) is 8.85. The van der Waals surface area contributed by atoms with Crippen LogP contribution in [-0.2, 0) is 6.54 Å². The second kappa shape index (κ2) is 5.48. The highest BCUT2D eigenvalue weighted by Gasteiger charge is 2.22. The smallest absolute Gasteiger partial charge is 0.124 e. The zero-order chi connectivity index (χ0) is 12.4. The van der Waals surface area contributed by atoms with E-state index in [-0.39, 0.29) is 0 Å². The maximum absolute atomic E-state index is 9.14. The van der Waals surface area contributed by atoms with Crippen molar-refractivity contribution >= 4 is 22.7 Å². The largest absolute Gasteiger partial charge is 0.396 e. The minimum absolute atomic E-state index is 0.319. The molecular weight excluding hydrogens is 264 g/mol. The molecule has 2 aromatic rings. The molecule has 2 aromatic heterocycles. The second-order valence-electron chi connectivity index (χ2n) is 4.72. The molecule has 0 bridgehead atoms. The zero-order valence-electron chi connectivity index (χ0n) is 10.1. The Hall–Kier alpha value is -0.750. The fraction of sp³-hybridized carbons (Fsp3) is 0.462. The predicted molar refractivity (Wildman–Crippen MR) is 75.9 cm³/mol. The van der Waals surface area contributed by atoms with Gasteiger partial charge in [0.2, 0.25) is 0 Å². The van der Waals surface area contributed by atoms with Crippen LogP contribution in [0.2, 0.25) is 0 Å². The maximum Gasteiger partial charge on any atom is 0.124 e. The van der Waals surface area contributed by atoms with Gasteiger partial charge in [-0.1, -0.05) is 0 Å². The maximum atomic E-state index is 9.14. The van der Waals surface area contributed by atoms with Gasteiger partial charge in [0.15, 0.2) is 0 Å². The number of likely N-dealkylation sites (tertiary alicyclic amines) is 1. The van der Waals surface area contributed by atoms with Gasteiger partial charge >= 0.3 is 0 Å². The van der Waals surface area contributed by atoms with E-state index in [4.69, 9.17) is 5.11 Å². The average Bonchev–Trinajstić information content (AvgIpc) is 3.10. The summed E-state index contributed by atoms with van der Waals surface area (Å²) in [5, 5.41) is 14.5. The summed E-state index contributed by atoms with van der Waals surface area (Å²) in [7, 11) is 0. The Labute approximate surface area is 115 Å². The summed E-state index contributed by atoms with van der Waals surface area (Å²) in [6, 6.07) is 2.12. The van der Waals surface area contributed by atoms with E-state index in [0.717, 1.165) is 31.1 Å². The minimum atomic E-state index is 0.319. The third-order valence-corrected chi connectivity index (χ3v) is 5.04. The SMILES string of the molecule is OCC1CCN(Cc2cnc(-c3ccsc3)s2)C1. The Balaban J connectivity index is 1.64. The average molecular weight is 280 g/mol. The number of rotatable bonds is 4. The van der Waals surface area contributed by atoms with Crippen molar-refractivity contribution in [2.75, 3.05) is 19.7 Å². The fourth-order valence-corrected chi connectivity index (χ4v) is 3.99. The van der Waals surface area contributed by atoms with Crippen molar-refractivity contribution in [3.63, 3.8) is 0 Å². The summed E-state index contributed by atoms with van der Waals surface area (Å²) in [6.45, 7) is 3.40. The van der Waals surface area contributed by atoms with Crippen LogP contribution in [0, 0.1) is 5.92 Å². The Morgan fingerprint density at radius 3 is 3.17 bits per heavy atom. The van der Waals surface area contributed by atoms with E-state index in [9.17, 15) is 0 Å². The molecule has 0 amide bonds. The lowest BCUT2D eigenvalue weighted by atomic mass is 10.1. The first-order valence-corrected chi connectivity index (χ1v) is 7.91. The molecule has 18 heavy (non-hydrogen) atoms. The number of thiazole rings is 1. The molecule has 5 heteroatoms. The van der Waals surface area contributed by atoms with Crippen LogP contribution in [-0.4, -0.2) is 34.7 Å². The molecule has 0 aliphatic carbocycles. The topological polar surface area (TPSA) is 36.4 Å². The van der Waals surface area contributed by atoms with Crippen molar-refractivity contribution in [2.45, 2.75) is 13.0 Å². The van der Waals surface area contributed by atoms with Gasteiger partial charge in [0.25, 0.3) is 0 Å². The van der Waals surface area contributed by atoms with Crippen molar-refractivity contribution in [2.24, 2.45) is 5.92 Å². The van der Waals surface area contributed by atoms with Gasteiger partial charge in [-0.3, -0.25) is 4.90 Å². The van der Waals surface area contributed by atoms with E-state index in [1.807, 2.05) is 6.20 Å². The molecular formula is C13H16N2OS2. The van der Waals surface area contributed by atoms with E-state index >= 15 is 0 Å². The van der Waals surface area contributed by atoms with E-state index in [2.05, 4.69) is 26.7 Å². The van der Waals surface area contributed by atoms with E-state index < -0.39 is 0 Å². The number of aromatic nitrogens is 1. The van der Waals surface area contributed by atoms with Crippen molar-refractivity contribution in [3.8, 4) is 10.6 Å². The normalized spacial score (nSPS) is 20.6. The molecule has 96 valence electrons. The van der Waals surface area contributed by atoms with Gasteiger partial charge in [-0.15, -0.1) is 11.3 Å². The molecule has 1 atom stereocenters. The zero-order valence-corrected chi connectivity index (χ0v) is 11.7. The summed E-state index contributed by atoms with van der Waals surface area (Å²) in [5.74, 6) is 0.467. The number of hydrogen-bond donors (Lipinski definition) is 1. The van der Waals surface area contributed by atoms with Crippen molar-refractivity contribution in [3.05, 3.63) is 27.9 Å². The molecule has 1 saturated heterocycles. The van der Waals surface area contributed by atoms with Crippen LogP contribution in [0.5, 0.6) is 0 Å². The van der Waals surface area contributed by atoms with Crippen LogP contribution < -0.4 is 0 Å². The highest BCUT2D eigenvalue weighted by molar-refractivity contribution is 7.15. The van der Waals surface area contributed by atoms with Crippen molar-refractivity contribution < 1.29 is 5.11 Å². The van der Waals surface area contributed by atoms with Gasteiger partial charge in [0.1, 0.15) is 5.01 Å². The molecule has 1 unspecified atom stereocenters. The molecule has 3 nitrogen and oxygen atoms in total. The first-order valence-electron chi connectivity index (χ1n) is 6.15.